The Morgan fingerprint density at radius 3 is 1.23 bits per heavy atom. The molecule has 0 bridgehead atoms. The molecule has 0 radical (unpaired) electrons. The number of aromatic hydroxyl groups is 6. The molecule has 0 spiro atoms. The summed E-state index contributed by atoms with van der Waals surface area (Å²) in [7, 11) is 0. The molecule has 0 heterocycles. The summed E-state index contributed by atoms with van der Waals surface area (Å²) in [6, 6.07) is 3.80. The second-order valence-corrected chi connectivity index (χ2v) is 6.96. The van der Waals surface area contributed by atoms with Gasteiger partial charge >= 0.3 is 11.9 Å². The van der Waals surface area contributed by atoms with Crippen molar-refractivity contribution in [3.8, 4) is 46.0 Å². The van der Waals surface area contributed by atoms with E-state index in [-0.39, 0.29) is 11.5 Å². The maximum atomic E-state index is 12.6. The van der Waals surface area contributed by atoms with Gasteiger partial charge in [-0.25, -0.2) is 0 Å². The minimum absolute atomic E-state index is 0.209. The maximum Gasteiger partial charge on any atom is 0.315 e. The zero-order valence-corrected chi connectivity index (χ0v) is 15.6. The molecule has 2 aromatic carbocycles. The Kier molecular flexibility index (Phi) is 5.77. The number of benzene rings is 2. The number of rotatable bonds is 4. The van der Waals surface area contributed by atoms with Crippen LogP contribution in [-0.2, 0) is 9.59 Å². The van der Waals surface area contributed by atoms with E-state index in [1.807, 2.05) is 0 Å². The molecule has 0 aromatic heterocycles. The van der Waals surface area contributed by atoms with Gasteiger partial charge in [-0.15, -0.1) is 0 Å². The van der Waals surface area contributed by atoms with Crippen molar-refractivity contribution in [2.45, 2.75) is 25.7 Å². The summed E-state index contributed by atoms with van der Waals surface area (Å²) < 4.78 is 10.3. The number of hydrogen-bond donors (Lipinski definition) is 6. The van der Waals surface area contributed by atoms with Gasteiger partial charge in [0.15, 0.2) is 23.0 Å². The zero-order valence-electron chi connectivity index (χ0n) is 15.6. The number of phenols is 6. The van der Waals surface area contributed by atoms with Crippen LogP contribution in [-0.4, -0.2) is 42.6 Å². The Labute approximate surface area is 170 Å². The average molecular weight is 420 g/mol. The topological polar surface area (TPSA) is 174 Å². The largest absolute Gasteiger partial charge is 0.504 e. The molecule has 160 valence electrons. The van der Waals surface area contributed by atoms with E-state index in [9.17, 15) is 40.2 Å². The first-order valence-electron chi connectivity index (χ1n) is 9.10. The fourth-order valence-corrected chi connectivity index (χ4v) is 3.35. The fourth-order valence-electron chi connectivity index (χ4n) is 3.35. The van der Waals surface area contributed by atoms with Gasteiger partial charge in [0.25, 0.3) is 0 Å². The average Bonchev–Trinajstić information content (AvgIpc) is 2.70. The van der Waals surface area contributed by atoms with Crippen molar-refractivity contribution < 1.29 is 49.7 Å². The lowest BCUT2D eigenvalue weighted by atomic mass is 9.79. The Morgan fingerprint density at radius 2 is 0.933 bits per heavy atom. The molecule has 1 aliphatic carbocycles. The van der Waals surface area contributed by atoms with Crippen LogP contribution in [0.4, 0.5) is 0 Å². The van der Waals surface area contributed by atoms with Crippen LogP contribution in [0.3, 0.4) is 0 Å². The van der Waals surface area contributed by atoms with Crippen molar-refractivity contribution >= 4 is 11.9 Å². The van der Waals surface area contributed by atoms with Crippen LogP contribution in [0.25, 0.3) is 0 Å². The van der Waals surface area contributed by atoms with E-state index in [0.717, 1.165) is 24.3 Å². The van der Waals surface area contributed by atoms with E-state index >= 15 is 0 Å². The highest BCUT2D eigenvalue weighted by molar-refractivity contribution is 5.85. The van der Waals surface area contributed by atoms with Crippen LogP contribution >= 0.6 is 0 Å². The van der Waals surface area contributed by atoms with Gasteiger partial charge in [0, 0.05) is 24.3 Å². The summed E-state index contributed by atoms with van der Waals surface area (Å²) >= 11 is 0. The molecule has 1 aliphatic rings. The first-order valence-corrected chi connectivity index (χ1v) is 9.10. The third-order valence-electron chi connectivity index (χ3n) is 4.89. The van der Waals surface area contributed by atoms with Crippen molar-refractivity contribution in [1.82, 2.24) is 0 Å². The molecule has 0 saturated heterocycles. The van der Waals surface area contributed by atoms with Crippen LogP contribution in [0.15, 0.2) is 24.3 Å². The minimum atomic E-state index is -0.872. The molecular formula is C20H20O10. The zero-order chi connectivity index (χ0) is 22.0. The smallest absolute Gasteiger partial charge is 0.315 e. The molecular weight excluding hydrogens is 400 g/mol. The molecule has 0 amide bonds. The number of carbonyl (C=O) groups excluding carboxylic acids is 2. The van der Waals surface area contributed by atoms with Crippen molar-refractivity contribution in [1.29, 1.82) is 0 Å². The molecule has 1 fully saturated rings. The lowest BCUT2D eigenvalue weighted by molar-refractivity contribution is -0.152. The lowest BCUT2D eigenvalue weighted by Crippen LogP contribution is -2.37. The van der Waals surface area contributed by atoms with Crippen molar-refractivity contribution in [3.05, 3.63) is 24.3 Å². The maximum absolute atomic E-state index is 12.6. The van der Waals surface area contributed by atoms with Gasteiger partial charge in [-0.05, 0) is 12.8 Å². The normalized spacial score (nSPS) is 18.5. The Morgan fingerprint density at radius 1 is 0.633 bits per heavy atom. The molecule has 2 atom stereocenters. The molecule has 30 heavy (non-hydrogen) atoms. The third kappa shape index (κ3) is 4.27. The van der Waals surface area contributed by atoms with Crippen molar-refractivity contribution in [2.24, 2.45) is 11.8 Å². The standard InChI is InChI=1S/C20H20O10/c21-13-5-9(6-14(22)17(13)25)29-19(27)11-3-1-2-4-12(11)20(28)30-10-7-15(23)18(26)16(24)8-10/h5-8,11-12,21-26H,1-4H2. The van der Waals surface area contributed by atoms with E-state index < -0.39 is 58.3 Å². The second-order valence-electron chi connectivity index (χ2n) is 6.96. The van der Waals surface area contributed by atoms with E-state index in [0.29, 0.717) is 25.7 Å². The first kappa shape index (κ1) is 20.9. The summed E-state index contributed by atoms with van der Waals surface area (Å²) in [6.07, 6.45) is 1.99. The van der Waals surface area contributed by atoms with Crippen LogP contribution in [0, 0.1) is 11.8 Å². The second kappa shape index (κ2) is 8.27. The number of esters is 2. The van der Waals surface area contributed by atoms with Gasteiger partial charge in [-0.3, -0.25) is 9.59 Å². The van der Waals surface area contributed by atoms with Gasteiger partial charge in [-0.1, -0.05) is 12.8 Å². The summed E-state index contributed by atoms with van der Waals surface area (Å²) in [5.41, 5.74) is 0. The van der Waals surface area contributed by atoms with Gasteiger partial charge in [-0.2, -0.15) is 0 Å². The monoisotopic (exact) mass is 420 g/mol. The molecule has 3 rings (SSSR count). The van der Waals surface area contributed by atoms with Gasteiger partial charge in [0.1, 0.15) is 11.5 Å². The summed E-state index contributed by atoms with van der Waals surface area (Å²) in [5, 5.41) is 56.9. The molecule has 10 nitrogen and oxygen atoms in total. The molecule has 2 unspecified atom stereocenters. The van der Waals surface area contributed by atoms with E-state index in [2.05, 4.69) is 0 Å². The highest BCUT2D eigenvalue weighted by Gasteiger charge is 2.38. The van der Waals surface area contributed by atoms with E-state index in [1.54, 1.807) is 0 Å². The number of hydrogen-bond acceptors (Lipinski definition) is 10. The Hall–Kier alpha value is -3.82. The Balaban J connectivity index is 1.75. The summed E-state index contributed by atoms with van der Waals surface area (Å²) in [4.78, 5) is 25.3. The predicted octanol–water partition coefficient (Wildman–Crippen LogP) is 2.24. The van der Waals surface area contributed by atoms with Gasteiger partial charge in [0.05, 0.1) is 11.8 Å². The molecule has 10 heteroatoms. The Bertz CT molecular complexity index is 858. The van der Waals surface area contributed by atoms with Gasteiger partial charge in [0.2, 0.25) is 11.5 Å². The van der Waals surface area contributed by atoms with E-state index in [1.165, 1.54) is 0 Å². The summed E-state index contributed by atoms with van der Waals surface area (Å²) in [6.45, 7) is 0. The van der Waals surface area contributed by atoms with Crippen LogP contribution in [0.2, 0.25) is 0 Å². The van der Waals surface area contributed by atoms with Crippen molar-refractivity contribution in [3.63, 3.8) is 0 Å². The fraction of sp³-hybridized carbons (Fsp3) is 0.300. The quantitative estimate of drug-likeness (QED) is 0.244. The van der Waals surface area contributed by atoms with Crippen molar-refractivity contribution in [2.75, 3.05) is 0 Å². The highest BCUT2D eigenvalue weighted by Crippen LogP contribution is 2.41. The van der Waals surface area contributed by atoms with Crippen LogP contribution in [0.1, 0.15) is 25.7 Å². The lowest BCUT2D eigenvalue weighted by Gasteiger charge is -2.28. The summed E-state index contributed by atoms with van der Waals surface area (Å²) in [5.74, 6) is -7.94. The SMILES string of the molecule is O=C(Oc1cc(O)c(O)c(O)c1)C1CCCCC1C(=O)Oc1cc(O)c(O)c(O)c1. The highest BCUT2D eigenvalue weighted by atomic mass is 16.5. The molecule has 2 aromatic rings. The predicted molar refractivity (Wildman–Crippen MR) is 99.6 cm³/mol. The minimum Gasteiger partial charge on any atom is -0.504 e. The van der Waals surface area contributed by atoms with Crippen LogP contribution in [0.5, 0.6) is 46.0 Å². The number of carbonyl (C=O) groups is 2. The molecule has 1 saturated carbocycles. The first-order chi connectivity index (χ1) is 14.2. The molecule has 0 aliphatic heterocycles. The third-order valence-corrected chi connectivity index (χ3v) is 4.89. The molecule has 6 N–H and O–H groups in total. The van der Waals surface area contributed by atoms with E-state index in [4.69, 9.17) is 9.47 Å². The number of ether oxygens (including phenoxy) is 2. The van der Waals surface area contributed by atoms with Crippen LogP contribution < -0.4 is 9.47 Å². The van der Waals surface area contributed by atoms with Gasteiger partial charge < -0.3 is 40.1 Å². The number of phenolic OH excluding ortho intramolecular Hbond substituents is 6.